The number of likely N-dealkylation sites (tertiary alicyclic amines) is 1. The monoisotopic (exact) mass is 306 g/mol. The van der Waals surface area contributed by atoms with Gasteiger partial charge in [-0.25, -0.2) is 0 Å². The number of carbonyl (C=O) groups is 1. The maximum atomic E-state index is 12.0. The van der Waals surface area contributed by atoms with E-state index < -0.39 is 0 Å². The van der Waals surface area contributed by atoms with E-state index in [-0.39, 0.29) is 17.1 Å². The number of nitrogens with one attached hydrogen (secondary N) is 1. The Bertz CT molecular complexity index is 441. The number of amides is 1. The number of piperidine rings is 1. The number of thiol groups is 1. The van der Waals surface area contributed by atoms with E-state index in [9.17, 15) is 4.79 Å². The van der Waals surface area contributed by atoms with E-state index in [0.29, 0.717) is 6.04 Å². The third-order valence-electron chi connectivity index (χ3n) is 4.08. The molecule has 0 spiro atoms. The summed E-state index contributed by atoms with van der Waals surface area (Å²) in [6.45, 7) is 7.14. The van der Waals surface area contributed by atoms with Gasteiger partial charge in [0.25, 0.3) is 0 Å². The van der Waals surface area contributed by atoms with Crippen molar-refractivity contribution in [3.05, 3.63) is 35.9 Å². The van der Waals surface area contributed by atoms with Crippen LogP contribution >= 0.6 is 12.6 Å². The lowest BCUT2D eigenvalue weighted by Gasteiger charge is -2.33. The Labute approximate surface area is 133 Å². The second-order valence-electron chi connectivity index (χ2n) is 6.23. The molecule has 1 aliphatic heterocycles. The molecule has 1 aromatic carbocycles. The third kappa shape index (κ3) is 5.04. The van der Waals surface area contributed by atoms with Crippen molar-refractivity contribution < 1.29 is 4.79 Å². The summed E-state index contributed by atoms with van der Waals surface area (Å²) in [5.41, 5.74) is 1.36. The maximum absolute atomic E-state index is 12.0. The van der Waals surface area contributed by atoms with Crippen LogP contribution in [0.1, 0.15) is 32.3 Å². The highest BCUT2D eigenvalue weighted by molar-refractivity contribution is 7.81. The fourth-order valence-electron chi connectivity index (χ4n) is 2.67. The van der Waals surface area contributed by atoms with Crippen LogP contribution in [-0.2, 0) is 11.3 Å². The largest absolute Gasteiger partial charge is 0.352 e. The molecular formula is C17H26N2OS. The van der Waals surface area contributed by atoms with E-state index in [0.717, 1.165) is 32.5 Å². The first-order valence-corrected chi connectivity index (χ1v) is 8.32. The zero-order chi connectivity index (χ0) is 15.2. The Balaban J connectivity index is 1.74. The molecule has 1 aliphatic rings. The molecule has 1 saturated heterocycles. The average molecular weight is 306 g/mol. The number of nitrogens with zero attached hydrogens (tertiary/aromatic N) is 1. The molecule has 116 valence electrons. The lowest BCUT2D eigenvalue weighted by atomic mass is 10.0. The van der Waals surface area contributed by atoms with Gasteiger partial charge in [-0.15, -0.1) is 0 Å². The van der Waals surface area contributed by atoms with Crippen molar-refractivity contribution in [3.8, 4) is 0 Å². The van der Waals surface area contributed by atoms with E-state index in [2.05, 4.69) is 47.1 Å². The Morgan fingerprint density at radius 1 is 1.29 bits per heavy atom. The van der Waals surface area contributed by atoms with E-state index in [1.807, 2.05) is 19.9 Å². The minimum absolute atomic E-state index is 0.0786. The van der Waals surface area contributed by atoms with Gasteiger partial charge in [0.2, 0.25) is 5.91 Å². The molecule has 1 N–H and O–H groups in total. The summed E-state index contributed by atoms with van der Waals surface area (Å²) < 4.78 is 0. The van der Waals surface area contributed by atoms with Gasteiger partial charge in [0.05, 0.1) is 5.25 Å². The maximum Gasteiger partial charge on any atom is 0.233 e. The Hall–Kier alpha value is -1.00. The minimum Gasteiger partial charge on any atom is -0.352 e. The normalized spacial score (nSPS) is 18.7. The van der Waals surface area contributed by atoms with Gasteiger partial charge < -0.3 is 5.32 Å². The van der Waals surface area contributed by atoms with Crippen molar-refractivity contribution in [3.63, 3.8) is 0 Å². The first-order chi connectivity index (χ1) is 10.1. The number of hydrogen-bond acceptors (Lipinski definition) is 3. The van der Waals surface area contributed by atoms with Crippen LogP contribution in [0, 0.1) is 5.92 Å². The lowest BCUT2D eigenvalue weighted by Crippen LogP contribution is -2.47. The number of carbonyl (C=O) groups excluding carboxylic acids is 1. The molecule has 0 saturated carbocycles. The summed E-state index contributed by atoms with van der Waals surface area (Å²) in [5.74, 6) is 0.348. The molecule has 1 amide bonds. The molecule has 1 aromatic rings. The van der Waals surface area contributed by atoms with Crippen LogP contribution < -0.4 is 5.32 Å². The van der Waals surface area contributed by atoms with Crippen molar-refractivity contribution >= 4 is 18.5 Å². The van der Waals surface area contributed by atoms with Gasteiger partial charge in [-0.05, 0) is 24.3 Å². The van der Waals surface area contributed by atoms with Gasteiger partial charge in [-0.2, -0.15) is 12.6 Å². The zero-order valence-electron chi connectivity index (χ0n) is 13.0. The summed E-state index contributed by atoms with van der Waals surface area (Å²) in [5, 5.41) is 2.94. The highest BCUT2D eigenvalue weighted by Crippen LogP contribution is 2.15. The zero-order valence-corrected chi connectivity index (χ0v) is 13.9. The fourth-order valence-corrected chi connectivity index (χ4v) is 2.74. The van der Waals surface area contributed by atoms with E-state index in [4.69, 9.17) is 0 Å². The highest BCUT2D eigenvalue weighted by atomic mass is 32.1. The van der Waals surface area contributed by atoms with Crippen LogP contribution in [0.15, 0.2) is 30.3 Å². The SMILES string of the molecule is CC(C)C(S)C(=O)NC1CCN(Cc2ccccc2)CC1. The smallest absolute Gasteiger partial charge is 0.233 e. The lowest BCUT2D eigenvalue weighted by molar-refractivity contribution is -0.122. The molecule has 1 heterocycles. The average Bonchev–Trinajstić information content (AvgIpc) is 2.49. The second-order valence-corrected chi connectivity index (χ2v) is 6.79. The molecular weight excluding hydrogens is 280 g/mol. The van der Waals surface area contributed by atoms with Crippen molar-refractivity contribution in [1.29, 1.82) is 0 Å². The second kappa shape index (κ2) is 7.85. The van der Waals surface area contributed by atoms with Crippen molar-refractivity contribution in [2.75, 3.05) is 13.1 Å². The molecule has 21 heavy (non-hydrogen) atoms. The van der Waals surface area contributed by atoms with Crippen LogP contribution in [0.5, 0.6) is 0 Å². The van der Waals surface area contributed by atoms with E-state index in [1.54, 1.807) is 0 Å². The van der Waals surface area contributed by atoms with Crippen LogP contribution in [0.2, 0.25) is 0 Å². The fraction of sp³-hybridized carbons (Fsp3) is 0.588. The van der Waals surface area contributed by atoms with Crippen LogP contribution in [0.4, 0.5) is 0 Å². The molecule has 4 heteroatoms. The van der Waals surface area contributed by atoms with E-state index in [1.165, 1.54) is 5.56 Å². The van der Waals surface area contributed by atoms with Crippen molar-refractivity contribution in [2.24, 2.45) is 5.92 Å². The molecule has 2 rings (SSSR count). The first-order valence-electron chi connectivity index (χ1n) is 7.81. The molecule has 3 nitrogen and oxygen atoms in total. The van der Waals surface area contributed by atoms with Gasteiger partial charge in [-0.1, -0.05) is 44.2 Å². The molecule has 0 aromatic heterocycles. The Morgan fingerprint density at radius 2 is 1.90 bits per heavy atom. The molecule has 1 atom stereocenters. The Morgan fingerprint density at radius 3 is 2.48 bits per heavy atom. The van der Waals surface area contributed by atoms with Gasteiger partial charge >= 0.3 is 0 Å². The number of hydrogen-bond donors (Lipinski definition) is 2. The van der Waals surface area contributed by atoms with Crippen molar-refractivity contribution in [1.82, 2.24) is 10.2 Å². The number of benzene rings is 1. The predicted molar refractivity (Wildman–Crippen MR) is 90.5 cm³/mol. The molecule has 1 unspecified atom stereocenters. The molecule has 0 bridgehead atoms. The van der Waals surface area contributed by atoms with Gasteiger partial charge in [0.1, 0.15) is 0 Å². The summed E-state index contributed by atoms with van der Waals surface area (Å²) in [4.78, 5) is 14.5. The van der Waals surface area contributed by atoms with Crippen LogP contribution in [0.25, 0.3) is 0 Å². The summed E-state index contributed by atoms with van der Waals surface area (Å²) in [6, 6.07) is 10.9. The van der Waals surface area contributed by atoms with Crippen molar-refractivity contribution in [2.45, 2.75) is 44.5 Å². The summed E-state index contributed by atoms with van der Waals surface area (Å²) in [7, 11) is 0. The van der Waals surface area contributed by atoms with Gasteiger partial charge in [0, 0.05) is 25.7 Å². The predicted octanol–water partition coefficient (Wildman–Crippen LogP) is 2.72. The van der Waals surface area contributed by atoms with Gasteiger partial charge in [0.15, 0.2) is 0 Å². The quantitative estimate of drug-likeness (QED) is 0.820. The summed E-state index contributed by atoms with van der Waals surface area (Å²) in [6.07, 6.45) is 2.05. The van der Waals surface area contributed by atoms with Crippen LogP contribution in [0.3, 0.4) is 0 Å². The summed E-state index contributed by atoms with van der Waals surface area (Å²) >= 11 is 4.38. The van der Waals surface area contributed by atoms with Crippen LogP contribution in [-0.4, -0.2) is 35.2 Å². The third-order valence-corrected chi connectivity index (χ3v) is 4.91. The molecule has 1 fully saturated rings. The first kappa shape index (κ1) is 16.4. The topological polar surface area (TPSA) is 32.3 Å². The number of rotatable bonds is 5. The van der Waals surface area contributed by atoms with Gasteiger partial charge in [-0.3, -0.25) is 9.69 Å². The Kier molecular flexibility index (Phi) is 6.12. The molecule has 0 radical (unpaired) electrons. The molecule has 0 aliphatic carbocycles. The highest BCUT2D eigenvalue weighted by Gasteiger charge is 2.24. The minimum atomic E-state index is -0.202. The standard InChI is InChI=1S/C17H26N2OS/c1-13(2)16(21)17(20)18-15-8-10-19(11-9-15)12-14-6-4-3-5-7-14/h3-7,13,15-16,21H,8-12H2,1-2H3,(H,18,20). The van der Waals surface area contributed by atoms with E-state index >= 15 is 0 Å².